The molecule has 4 nitrogen and oxygen atoms in total. The highest BCUT2D eigenvalue weighted by Gasteiger charge is 2.31. The zero-order chi connectivity index (χ0) is 18.0. The SMILES string of the molecule is CC(CNC(=O)c1cc(C2CC2)on1)(c1ccccc1)c1ccccc1. The van der Waals surface area contributed by atoms with Gasteiger partial charge < -0.3 is 9.84 Å². The summed E-state index contributed by atoms with van der Waals surface area (Å²) >= 11 is 0. The molecule has 132 valence electrons. The third-order valence-electron chi connectivity index (χ3n) is 5.17. The van der Waals surface area contributed by atoms with Gasteiger partial charge in [-0.3, -0.25) is 4.79 Å². The van der Waals surface area contributed by atoms with E-state index in [0.29, 0.717) is 18.2 Å². The maximum absolute atomic E-state index is 12.6. The van der Waals surface area contributed by atoms with Crippen molar-refractivity contribution in [3.8, 4) is 0 Å². The van der Waals surface area contributed by atoms with Gasteiger partial charge in [0.1, 0.15) is 5.76 Å². The molecule has 4 heteroatoms. The van der Waals surface area contributed by atoms with Crippen molar-refractivity contribution in [2.75, 3.05) is 6.54 Å². The van der Waals surface area contributed by atoms with Gasteiger partial charge in [-0.15, -0.1) is 0 Å². The molecule has 1 N–H and O–H groups in total. The van der Waals surface area contributed by atoms with Crippen molar-refractivity contribution < 1.29 is 9.32 Å². The first-order valence-electron chi connectivity index (χ1n) is 9.03. The Bertz CT molecular complexity index is 843. The monoisotopic (exact) mass is 346 g/mol. The average Bonchev–Trinajstić information content (AvgIpc) is 3.44. The molecule has 4 rings (SSSR count). The summed E-state index contributed by atoms with van der Waals surface area (Å²) < 4.78 is 5.30. The highest BCUT2D eigenvalue weighted by molar-refractivity contribution is 5.92. The maximum Gasteiger partial charge on any atom is 0.273 e. The minimum Gasteiger partial charge on any atom is -0.360 e. The summed E-state index contributed by atoms with van der Waals surface area (Å²) in [4.78, 5) is 12.6. The van der Waals surface area contributed by atoms with E-state index in [1.807, 2.05) is 36.4 Å². The predicted octanol–water partition coefficient (Wildman–Crippen LogP) is 4.29. The van der Waals surface area contributed by atoms with Gasteiger partial charge in [-0.25, -0.2) is 0 Å². The zero-order valence-electron chi connectivity index (χ0n) is 14.8. The number of carbonyl (C=O) groups is 1. The summed E-state index contributed by atoms with van der Waals surface area (Å²) in [6.45, 7) is 2.63. The zero-order valence-corrected chi connectivity index (χ0v) is 14.8. The first-order chi connectivity index (χ1) is 12.7. The number of rotatable bonds is 6. The minimum absolute atomic E-state index is 0.196. The molecule has 0 aliphatic heterocycles. The first kappa shape index (κ1) is 16.6. The first-order valence-corrected chi connectivity index (χ1v) is 9.03. The number of aromatic nitrogens is 1. The lowest BCUT2D eigenvalue weighted by Gasteiger charge is -2.31. The lowest BCUT2D eigenvalue weighted by atomic mass is 9.76. The van der Waals surface area contributed by atoms with E-state index < -0.39 is 0 Å². The number of nitrogens with zero attached hydrogens (tertiary/aromatic N) is 1. The van der Waals surface area contributed by atoms with E-state index in [0.717, 1.165) is 29.7 Å². The standard InChI is InChI=1S/C22H22N2O2/c1-22(17-8-4-2-5-9-17,18-10-6-3-7-11-18)15-23-21(25)19-14-20(26-24-19)16-12-13-16/h2-11,14,16H,12-13,15H2,1H3,(H,23,25). The Balaban J connectivity index is 1.56. The fourth-order valence-corrected chi connectivity index (χ4v) is 3.29. The van der Waals surface area contributed by atoms with Crippen LogP contribution < -0.4 is 5.32 Å². The summed E-state index contributed by atoms with van der Waals surface area (Å²) in [6.07, 6.45) is 2.24. The Morgan fingerprint density at radius 3 is 2.19 bits per heavy atom. The molecule has 0 saturated heterocycles. The van der Waals surface area contributed by atoms with E-state index >= 15 is 0 Å². The smallest absolute Gasteiger partial charge is 0.273 e. The van der Waals surface area contributed by atoms with Crippen LogP contribution in [-0.4, -0.2) is 17.6 Å². The van der Waals surface area contributed by atoms with Crippen molar-refractivity contribution in [1.29, 1.82) is 0 Å². The minimum atomic E-state index is -0.332. The van der Waals surface area contributed by atoms with Gasteiger partial charge in [-0.1, -0.05) is 65.8 Å². The van der Waals surface area contributed by atoms with E-state index in [-0.39, 0.29) is 11.3 Å². The Labute approximate surface area is 153 Å². The second-order valence-electron chi connectivity index (χ2n) is 7.14. The van der Waals surface area contributed by atoms with E-state index in [2.05, 4.69) is 41.7 Å². The number of hydrogen-bond donors (Lipinski definition) is 1. The fraction of sp³-hybridized carbons (Fsp3) is 0.273. The van der Waals surface area contributed by atoms with E-state index in [1.54, 1.807) is 6.07 Å². The Hall–Kier alpha value is -2.88. The van der Waals surface area contributed by atoms with Gasteiger partial charge in [0.25, 0.3) is 5.91 Å². The normalized spacial score (nSPS) is 14.2. The summed E-state index contributed by atoms with van der Waals surface area (Å²) in [5, 5.41) is 6.98. The van der Waals surface area contributed by atoms with E-state index in [9.17, 15) is 4.79 Å². The summed E-state index contributed by atoms with van der Waals surface area (Å²) in [5.41, 5.74) is 2.34. The van der Waals surface area contributed by atoms with Crippen LogP contribution in [0.15, 0.2) is 71.3 Å². The van der Waals surface area contributed by atoms with Crippen LogP contribution >= 0.6 is 0 Å². The molecular formula is C22H22N2O2. The van der Waals surface area contributed by atoms with Crippen LogP contribution in [0.5, 0.6) is 0 Å². The maximum atomic E-state index is 12.6. The van der Waals surface area contributed by atoms with Gasteiger partial charge in [-0.05, 0) is 30.9 Å². The molecule has 0 bridgehead atoms. The van der Waals surface area contributed by atoms with Crippen molar-refractivity contribution in [1.82, 2.24) is 10.5 Å². The quantitative estimate of drug-likeness (QED) is 0.724. The highest BCUT2D eigenvalue weighted by Crippen LogP contribution is 2.40. The van der Waals surface area contributed by atoms with Gasteiger partial charge >= 0.3 is 0 Å². The van der Waals surface area contributed by atoms with Crippen LogP contribution in [0.3, 0.4) is 0 Å². The molecule has 1 aliphatic rings. The molecule has 1 heterocycles. The second kappa shape index (κ2) is 6.79. The van der Waals surface area contributed by atoms with Gasteiger partial charge in [0, 0.05) is 23.9 Å². The molecule has 0 unspecified atom stereocenters. The predicted molar refractivity (Wildman–Crippen MR) is 100 cm³/mol. The molecule has 1 aromatic heterocycles. The molecule has 26 heavy (non-hydrogen) atoms. The lowest BCUT2D eigenvalue weighted by molar-refractivity contribution is 0.0938. The van der Waals surface area contributed by atoms with Crippen LogP contribution in [0.2, 0.25) is 0 Å². The number of benzene rings is 2. The largest absolute Gasteiger partial charge is 0.360 e. The summed E-state index contributed by atoms with van der Waals surface area (Å²) in [5.74, 6) is 1.07. The fourth-order valence-electron chi connectivity index (χ4n) is 3.29. The summed E-state index contributed by atoms with van der Waals surface area (Å²) in [7, 11) is 0. The van der Waals surface area contributed by atoms with Crippen molar-refractivity contribution >= 4 is 5.91 Å². The number of amides is 1. The van der Waals surface area contributed by atoms with Gasteiger partial charge in [0.2, 0.25) is 0 Å². The molecule has 0 spiro atoms. The number of nitrogens with one attached hydrogen (secondary N) is 1. The van der Waals surface area contributed by atoms with Crippen LogP contribution in [0.4, 0.5) is 0 Å². The molecule has 3 aromatic rings. The molecule has 1 saturated carbocycles. The van der Waals surface area contributed by atoms with Crippen LogP contribution in [0, 0.1) is 0 Å². The molecule has 0 radical (unpaired) electrons. The van der Waals surface area contributed by atoms with Crippen LogP contribution in [-0.2, 0) is 5.41 Å². The van der Waals surface area contributed by atoms with E-state index in [4.69, 9.17) is 4.52 Å². The third-order valence-corrected chi connectivity index (χ3v) is 5.17. The van der Waals surface area contributed by atoms with Gasteiger partial charge in [0.15, 0.2) is 5.69 Å². The molecule has 1 amide bonds. The van der Waals surface area contributed by atoms with Crippen molar-refractivity contribution in [3.63, 3.8) is 0 Å². The lowest BCUT2D eigenvalue weighted by Crippen LogP contribution is -2.39. The highest BCUT2D eigenvalue weighted by atomic mass is 16.5. The third kappa shape index (κ3) is 3.27. The second-order valence-corrected chi connectivity index (χ2v) is 7.14. The Morgan fingerprint density at radius 1 is 1.08 bits per heavy atom. The molecular weight excluding hydrogens is 324 g/mol. The Morgan fingerprint density at radius 2 is 1.65 bits per heavy atom. The topological polar surface area (TPSA) is 55.1 Å². The van der Waals surface area contributed by atoms with Gasteiger partial charge in [-0.2, -0.15) is 0 Å². The molecule has 0 atom stereocenters. The molecule has 1 fully saturated rings. The van der Waals surface area contributed by atoms with Crippen LogP contribution in [0.1, 0.15) is 53.1 Å². The molecule has 2 aromatic carbocycles. The summed E-state index contributed by atoms with van der Waals surface area (Å²) in [6, 6.07) is 22.3. The average molecular weight is 346 g/mol. The van der Waals surface area contributed by atoms with Crippen molar-refractivity contribution in [2.24, 2.45) is 0 Å². The van der Waals surface area contributed by atoms with Gasteiger partial charge in [0.05, 0.1) is 0 Å². The van der Waals surface area contributed by atoms with E-state index in [1.165, 1.54) is 0 Å². The number of carbonyl (C=O) groups excluding carboxylic acids is 1. The Kier molecular flexibility index (Phi) is 4.33. The number of hydrogen-bond acceptors (Lipinski definition) is 3. The molecule has 1 aliphatic carbocycles. The van der Waals surface area contributed by atoms with Crippen LogP contribution in [0.25, 0.3) is 0 Å². The van der Waals surface area contributed by atoms with Crippen molar-refractivity contribution in [2.45, 2.75) is 31.1 Å². The van der Waals surface area contributed by atoms with Crippen molar-refractivity contribution in [3.05, 3.63) is 89.3 Å².